The van der Waals surface area contributed by atoms with Crippen LogP contribution in [-0.4, -0.2) is 45.2 Å². The van der Waals surface area contributed by atoms with Crippen LogP contribution in [0.1, 0.15) is 5.56 Å². The zero-order valence-corrected chi connectivity index (χ0v) is 17.1. The lowest BCUT2D eigenvalue weighted by Crippen LogP contribution is -2.21. The fraction of sp³-hybridized carbons (Fsp3) is 0.200. The molecule has 1 aromatic carbocycles. The molecule has 9 nitrogen and oxygen atoms in total. The first-order valence-electron chi connectivity index (χ1n) is 7.62. The molecule has 0 saturated heterocycles. The van der Waals surface area contributed by atoms with Crippen molar-refractivity contribution in [3.63, 3.8) is 0 Å². The van der Waals surface area contributed by atoms with Crippen LogP contribution in [0.4, 0.5) is 23.0 Å². The maximum atomic E-state index is 12.2. The van der Waals surface area contributed by atoms with Crippen LogP contribution in [-0.2, 0) is 10.0 Å². The molecule has 0 amide bonds. The van der Waals surface area contributed by atoms with Crippen LogP contribution in [0.25, 0.3) is 0 Å². The van der Waals surface area contributed by atoms with Crippen LogP contribution in [0.5, 0.6) is 5.75 Å². The summed E-state index contributed by atoms with van der Waals surface area (Å²) in [6, 6.07) is 7.47. The fourth-order valence-electron chi connectivity index (χ4n) is 2.17. The van der Waals surface area contributed by atoms with Gasteiger partial charge in [-0.25, -0.2) is 12.7 Å². The predicted molar refractivity (Wildman–Crippen MR) is 105 cm³/mol. The number of thiophene rings is 1. The second-order valence-corrected chi connectivity index (χ2v) is 9.80. The number of rotatable bonds is 6. The van der Waals surface area contributed by atoms with Crippen LogP contribution >= 0.6 is 22.5 Å². The van der Waals surface area contributed by atoms with Crippen LogP contribution < -0.4 is 10.6 Å². The smallest absolute Gasteiger partial charge is 0.255 e. The van der Waals surface area contributed by atoms with Gasteiger partial charge in [0, 0.05) is 33.9 Å². The van der Waals surface area contributed by atoms with Gasteiger partial charge in [-0.1, -0.05) is 18.2 Å². The number of aromatic hydroxyl groups is 1. The summed E-state index contributed by atoms with van der Waals surface area (Å²) in [5.74, 6) is -0.0620. The SMILES string of the molecule is Cc1ccccc1Nc1n[s+]([O-])nc1Nc1csc(S(=O)(=O)N(C)C)c1O. The maximum absolute atomic E-state index is 12.2. The molecule has 2 aromatic heterocycles. The number of aromatic nitrogens is 2. The summed E-state index contributed by atoms with van der Waals surface area (Å²) in [6.45, 7) is 1.90. The van der Waals surface area contributed by atoms with Gasteiger partial charge in [0.15, 0.2) is 21.1 Å². The average Bonchev–Trinajstić information content (AvgIpc) is 3.13. The Morgan fingerprint density at radius 3 is 2.33 bits per heavy atom. The zero-order valence-electron chi connectivity index (χ0n) is 14.6. The van der Waals surface area contributed by atoms with Gasteiger partial charge in [0.2, 0.25) is 11.6 Å². The number of anilines is 4. The summed E-state index contributed by atoms with van der Waals surface area (Å²) in [6.07, 6.45) is 0. The summed E-state index contributed by atoms with van der Waals surface area (Å²) < 4.78 is 44.8. The van der Waals surface area contributed by atoms with Crippen molar-refractivity contribution < 1.29 is 18.1 Å². The van der Waals surface area contributed by atoms with Crippen molar-refractivity contribution in [2.75, 3.05) is 24.7 Å². The Hall–Kier alpha value is -2.25. The van der Waals surface area contributed by atoms with Gasteiger partial charge < -0.3 is 20.3 Å². The number of aryl methyl sites for hydroxylation is 1. The van der Waals surface area contributed by atoms with Gasteiger partial charge in [-0.15, -0.1) is 11.3 Å². The van der Waals surface area contributed by atoms with E-state index in [9.17, 15) is 18.1 Å². The fourth-order valence-corrected chi connectivity index (χ4v) is 5.17. The highest BCUT2D eigenvalue weighted by Crippen LogP contribution is 2.41. The van der Waals surface area contributed by atoms with Crippen LogP contribution in [0, 0.1) is 6.92 Å². The van der Waals surface area contributed by atoms with Gasteiger partial charge in [0.05, 0.1) is 5.69 Å². The molecule has 0 aliphatic carbocycles. The van der Waals surface area contributed by atoms with Crippen LogP contribution in [0.15, 0.2) is 33.9 Å². The van der Waals surface area contributed by atoms with Crippen molar-refractivity contribution in [1.82, 2.24) is 13.1 Å². The minimum atomic E-state index is -3.78. The van der Waals surface area contributed by atoms with E-state index in [1.807, 2.05) is 31.2 Å². The number of para-hydroxylation sites is 1. The number of benzene rings is 1. The highest BCUT2D eigenvalue weighted by Gasteiger charge is 2.27. The van der Waals surface area contributed by atoms with Gasteiger partial charge >= 0.3 is 0 Å². The van der Waals surface area contributed by atoms with Crippen molar-refractivity contribution in [1.29, 1.82) is 0 Å². The number of hydrogen-bond donors (Lipinski definition) is 3. The van der Waals surface area contributed by atoms with Gasteiger partial charge in [-0.05, 0) is 18.6 Å². The molecule has 2 heterocycles. The Balaban J connectivity index is 1.92. The molecule has 1 unspecified atom stereocenters. The monoisotopic (exact) mass is 427 g/mol. The molecule has 3 aromatic rings. The first-order chi connectivity index (χ1) is 12.7. The molecule has 27 heavy (non-hydrogen) atoms. The van der Waals surface area contributed by atoms with Gasteiger partial charge in [-0.2, -0.15) is 0 Å². The van der Waals surface area contributed by atoms with E-state index in [1.165, 1.54) is 19.5 Å². The summed E-state index contributed by atoms with van der Waals surface area (Å²) in [5.41, 5.74) is 1.85. The standard InChI is InChI=1S/C15H17N5O4S3/c1-9-6-4-5-7-10(9)16-13-14(19-26(22)18-13)17-11-8-25-15(12(11)21)27(23,24)20(2)3/h4-8,21H,1-3H3,(H,16,18)(H,17,19). The summed E-state index contributed by atoms with van der Waals surface area (Å²) in [7, 11) is -1.03. The minimum Gasteiger partial charge on any atom is -0.546 e. The van der Waals surface area contributed by atoms with Crippen molar-refractivity contribution in [3.8, 4) is 5.75 Å². The molecule has 0 radical (unpaired) electrons. The summed E-state index contributed by atoms with van der Waals surface area (Å²) in [4.78, 5) is 0. The largest absolute Gasteiger partial charge is 0.546 e. The molecule has 1 atom stereocenters. The van der Waals surface area contributed by atoms with Gasteiger partial charge in [0.25, 0.3) is 10.0 Å². The van der Waals surface area contributed by atoms with Crippen molar-refractivity contribution in [3.05, 3.63) is 35.2 Å². The quantitative estimate of drug-likeness (QED) is 0.512. The van der Waals surface area contributed by atoms with Crippen molar-refractivity contribution in [2.45, 2.75) is 11.1 Å². The number of nitrogens with zero attached hydrogens (tertiary/aromatic N) is 3. The lowest BCUT2D eigenvalue weighted by Gasteiger charge is -2.10. The summed E-state index contributed by atoms with van der Waals surface area (Å²) in [5, 5.41) is 17.6. The third kappa shape index (κ3) is 3.89. The topological polar surface area (TPSA) is 131 Å². The molecule has 144 valence electrons. The molecule has 0 aliphatic rings. The van der Waals surface area contributed by atoms with E-state index in [0.29, 0.717) is 0 Å². The second-order valence-electron chi connectivity index (χ2n) is 5.75. The van der Waals surface area contributed by atoms with E-state index in [0.717, 1.165) is 26.9 Å². The molecule has 0 aliphatic heterocycles. The lowest BCUT2D eigenvalue weighted by atomic mass is 10.2. The van der Waals surface area contributed by atoms with E-state index < -0.39 is 26.9 Å². The van der Waals surface area contributed by atoms with Crippen LogP contribution in [0.2, 0.25) is 0 Å². The first kappa shape index (κ1) is 19.5. The molecule has 0 fully saturated rings. The zero-order chi connectivity index (χ0) is 19.8. The Morgan fingerprint density at radius 1 is 1.15 bits per heavy atom. The Bertz CT molecular complexity index is 1080. The first-order valence-corrected chi connectivity index (χ1v) is 11.0. The molecular weight excluding hydrogens is 410 g/mol. The van der Waals surface area contributed by atoms with Gasteiger partial charge in [-0.3, -0.25) is 0 Å². The maximum Gasteiger partial charge on any atom is 0.255 e. The molecule has 0 saturated carbocycles. The third-order valence-electron chi connectivity index (χ3n) is 3.66. The number of hydrogen-bond acceptors (Lipinski definition) is 9. The second kappa shape index (κ2) is 7.40. The molecular formula is C15H17N5O4S3. The highest BCUT2D eigenvalue weighted by molar-refractivity contribution is 7.91. The van der Waals surface area contributed by atoms with E-state index in [-0.39, 0.29) is 21.5 Å². The van der Waals surface area contributed by atoms with Gasteiger partial charge in [0.1, 0.15) is 0 Å². The van der Waals surface area contributed by atoms with Crippen molar-refractivity contribution in [2.24, 2.45) is 0 Å². The molecule has 3 N–H and O–H groups in total. The normalized spacial score (nSPS) is 12.4. The average molecular weight is 428 g/mol. The highest BCUT2D eigenvalue weighted by atomic mass is 32.2. The van der Waals surface area contributed by atoms with E-state index in [1.54, 1.807) is 0 Å². The third-order valence-corrected chi connectivity index (χ3v) is 7.64. The molecule has 3 rings (SSSR count). The minimum absolute atomic E-state index is 0.136. The summed E-state index contributed by atoms with van der Waals surface area (Å²) >= 11 is -0.945. The Labute approximate surface area is 163 Å². The number of nitrogens with one attached hydrogen (secondary N) is 2. The number of sulfonamides is 1. The van der Waals surface area contributed by atoms with E-state index in [2.05, 4.69) is 19.4 Å². The van der Waals surface area contributed by atoms with E-state index in [4.69, 9.17) is 0 Å². The van der Waals surface area contributed by atoms with Crippen molar-refractivity contribution >= 4 is 55.5 Å². The molecule has 12 heteroatoms. The predicted octanol–water partition coefficient (Wildman–Crippen LogP) is 3.02. The van der Waals surface area contributed by atoms with Crippen LogP contribution in [0.3, 0.4) is 0 Å². The van der Waals surface area contributed by atoms with E-state index >= 15 is 0 Å². The molecule has 0 bridgehead atoms. The Kier molecular flexibility index (Phi) is 5.35. The molecule has 0 spiro atoms. The Morgan fingerprint density at radius 2 is 1.74 bits per heavy atom. The lowest BCUT2D eigenvalue weighted by molar-refractivity contribution is 0.460.